The van der Waals surface area contributed by atoms with E-state index >= 15 is 0 Å². The summed E-state index contributed by atoms with van der Waals surface area (Å²) in [6.07, 6.45) is 9.38. The number of phenolic OH excluding ortho intramolecular Hbond substituents is 1. The Morgan fingerprint density at radius 1 is 0.825 bits per heavy atom. The van der Waals surface area contributed by atoms with Gasteiger partial charge in [0.05, 0.1) is 18.8 Å². The van der Waals surface area contributed by atoms with Crippen molar-refractivity contribution in [2.75, 3.05) is 120 Å². The highest BCUT2D eigenvalue weighted by molar-refractivity contribution is 9.09. The molecule has 8 aliphatic rings. The molecule has 3 saturated carbocycles. The van der Waals surface area contributed by atoms with Crippen LogP contribution in [0.2, 0.25) is 0 Å². The lowest BCUT2D eigenvalue weighted by atomic mass is 10.0. The van der Waals surface area contributed by atoms with Crippen molar-refractivity contribution in [1.29, 1.82) is 0 Å². The van der Waals surface area contributed by atoms with E-state index in [-0.39, 0.29) is 24.1 Å². The number of hydrogen-bond donors (Lipinski definition) is 4. The van der Waals surface area contributed by atoms with Crippen LogP contribution in [0, 0.1) is 35.5 Å². The number of aliphatic hydroxyl groups excluding tert-OH is 2. The van der Waals surface area contributed by atoms with Crippen LogP contribution < -0.4 is 19.9 Å². The predicted octanol–water partition coefficient (Wildman–Crippen LogP) is 5.19. The van der Waals surface area contributed by atoms with E-state index in [1.54, 1.807) is 0 Å². The van der Waals surface area contributed by atoms with E-state index in [2.05, 4.69) is 53.5 Å². The number of piperazine rings is 1. The number of fused-ring (bicyclic) bond motifs is 5. The van der Waals surface area contributed by atoms with Gasteiger partial charge in [0.2, 0.25) is 5.91 Å². The molecule has 0 spiro atoms. The lowest BCUT2D eigenvalue weighted by Gasteiger charge is -2.38. The number of carbonyl (C=O) groups is 1. The number of aromatic hydroxyl groups is 1. The van der Waals surface area contributed by atoms with Gasteiger partial charge in [0.1, 0.15) is 11.6 Å². The van der Waals surface area contributed by atoms with Gasteiger partial charge in [0, 0.05) is 113 Å². The van der Waals surface area contributed by atoms with Gasteiger partial charge >= 0.3 is 6.01 Å². The maximum atomic E-state index is 12.2. The quantitative estimate of drug-likeness (QED) is 0.102. The van der Waals surface area contributed by atoms with Gasteiger partial charge in [0.25, 0.3) is 0 Å². The number of piperidine rings is 3. The Labute approximate surface area is 388 Å². The van der Waals surface area contributed by atoms with Crippen LogP contribution in [0.5, 0.6) is 11.8 Å². The second-order valence-electron chi connectivity index (χ2n) is 18.6. The second-order valence-corrected chi connectivity index (χ2v) is 19.4. The highest BCUT2D eigenvalue weighted by Crippen LogP contribution is 2.45. The standard InChI is InChI=1S/C32H38N6O3.C8H15NO.C5H9N.C3H7BrO.ClH/c1-2-30(40)36-11-13-37(14-12-36)31-27-8-10-38(29-18-25(39)17-22-6-3-4-7-26(22)29)21-28(27)33-32(34-31)41-15-5-9-35-19-23-16-24(23)20-35;10-3-1-2-9-5-7-4-8(7)6-9;1-4-2-6-3-5(1)4;4-2-1-3-5;/h2-4,6-7,17-18,23-24,39H,1,5,8-16,19-21H2;7-8,10H,1-6H2;4-6H,1-3H2;5H,1-3H2;1H. The zero-order valence-corrected chi connectivity index (χ0v) is 39.4. The molecule has 6 unspecified atom stereocenters. The number of rotatable bonds is 13. The third-order valence-electron chi connectivity index (χ3n) is 14.0. The summed E-state index contributed by atoms with van der Waals surface area (Å²) in [5, 5.41) is 33.4. The normalized spacial score (nSPS) is 26.0. The molecule has 1 amide bonds. The molecule has 11 rings (SSSR count). The van der Waals surface area contributed by atoms with Gasteiger partial charge < -0.3 is 49.9 Å². The number of nitrogens with one attached hydrogen (secondary N) is 1. The summed E-state index contributed by atoms with van der Waals surface area (Å²) in [5.74, 6) is 7.33. The Hall–Kier alpha value is -3.24. The Kier molecular flexibility index (Phi) is 17.3. The molecule has 0 radical (unpaired) electrons. The summed E-state index contributed by atoms with van der Waals surface area (Å²) < 4.78 is 6.20. The molecule has 15 heteroatoms. The first-order valence-electron chi connectivity index (χ1n) is 23.4. The maximum Gasteiger partial charge on any atom is 0.318 e. The first-order valence-corrected chi connectivity index (χ1v) is 24.5. The molecule has 0 bridgehead atoms. The van der Waals surface area contributed by atoms with Gasteiger partial charge in [-0.15, -0.1) is 12.4 Å². The molecule has 63 heavy (non-hydrogen) atoms. The monoisotopic (exact) mass is 952 g/mol. The fourth-order valence-corrected chi connectivity index (χ4v) is 10.4. The molecule has 6 heterocycles. The van der Waals surface area contributed by atoms with Gasteiger partial charge in [-0.05, 0) is 111 Å². The van der Waals surface area contributed by atoms with Gasteiger partial charge in [-0.25, -0.2) is 0 Å². The van der Waals surface area contributed by atoms with Crippen molar-refractivity contribution in [1.82, 2.24) is 30.0 Å². The van der Waals surface area contributed by atoms with E-state index in [1.165, 1.54) is 64.6 Å². The summed E-state index contributed by atoms with van der Waals surface area (Å²) in [7, 11) is 0. The molecule has 4 saturated heterocycles. The number of anilines is 2. The van der Waals surface area contributed by atoms with Crippen LogP contribution in [0.3, 0.4) is 0 Å². The fourth-order valence-electron chi connectivity index (χ4n) is 10.2. The summed E-state index contributed by atoms with van der Waals surface area (Å²) in [4.78, 5) is 33.5. The third kappa shape index (κ3) is 12.8. The number of benzene rings is 2. The van der Waals surface area contributed by atoms with Crippen molar-refractivity contribution < 1.29 is 24.9 Å². The molecular weight excluding hydrogens is 884 g/mol. The van der Waals surface area contributed by atoms with E-state index in [9.17, 15) is 9.90 Å². The molecule has 2 aromatic carbocycles. The van der Waals surface area contributed by atoms with Gasteiger partial charge in [-0.1, -0.05) is 46.8 Å². The molecule has 5 aliphatic heterocycles. The number of nitrogens with zero attached hydrogens (tertiary/aromatic N) is 7. The number of halogens is 2. The van der Waals surface area contributed by atoms with Crippen LogP contribution in [-0.2, 0) is 17.8 Å². The number of likely N-dealkylation sites (tertiary alicyclic amines) is 2. The van der Waals surface area contributed by atoms with Crippen molar-refractivity contribution in [3.05, 3.63) is 60.3 Å². The number of aromatic nitrogens is 2. The number of hydrogen-bond acceptors (Lipinski definition) is 12. The number of carbonyl (C=O) groups excluding carboxylic acids is 1. The van der Waals surface area contributed by atoms with E-state index in [0.29, 0.717) is 58.6 Å². The van der Waals surface area contributed by atoms with Crippen molar-refractivity contribution in [2.45, 2.75) is 51.5 Å². The number of amides is 1. The Balaban J connectivity index is 0.000000219. The number of aliphatic hydroxyl groups is 2. The number of phenols is 1. The zero-order valence-electron chi connectivity index (χ0n) is 37.0. The average Bonchev–Trinajstić information content (AvgIpc) is 4.25. The van der Waals surface area contributed by atoms with Gasteiger partial charge in [0.15, 0.2) is 0 Å². The van der Waals surface area contributed by atoms with Crippen LogP contribution in [-0.4, -0.2) is 156 Å². The maximum absolute atomic E-state index is 12.2. The number of alkyl halides is 1. The minimum atomic E-state index is -0.0253. The van der Waals surface area contributed by atoms with Crippen molar-refractivity contribution in [3.8, 4) is 11.8 Å². The Bertz CT molecular complexity index is 1940. The minimum absolute atomic E-state index is 0. The van der Waals surface area contributed by atoms with E-state index in [1.807, 2.05) is 35.2 Å². The second kappa shape index (κ2) is 22.8. The predicted molar refractivity (Wildman–Crippen MR) is 256 cm³/mol. The fraction of sp³-hybridized carbons (Fsp3) is 0.646. The van der Waals surface area contributed by atoms with Crippen molar-refractivity contribution >= 4 is 56.5 Å². The molecule has 4 N–H and O–H groups in total. The largest absolute Gasteiger partial charge is 0.508 e. The summed E-state index contributed by atoms with van der Waals surface area (Å²) in [6, 6.07) is 12.3. The van der Waals surface area contributed by atoms with Crippen molar-refractivity contribution in [2.24, 2.45) is 35.5 Å². The SMILES string of the molecule is C1NCC2CC12.C=CC(=O)N1CCN(c2nc(OCCCN3CC4CC4C3)nc3c2CCN(c2cc(O)cc4ccccc24)C3)CC1.Cl.OCCCBr.OCCCN1CC2CC2C1. The summed E-state index contributed by atoms with van der Waals surface area (Å²) in [6.45, 7) is 18.9. The molecule has 6 atom stereocenters. The highest BCUT2D eigenvalue weighted by atomic mass is 79.9. The molecule has 3 aliphatic carbocycles. The van der Waals surface area contributed by atoms with Crippen LogP contribution in [0.25, 0.3) is 10.8 Å². The molecule has 1 aromatic heterocycles. The highest BCUT2D eigenvalue weighted by Gasteiger charge is 2.45. The molecule has 3 aromatic rings. The number of ether oxygens (including phenoxy) is 1. The minimum Gasteiger partial charge on any atom is -0.508 e. The van der Waals surface area contributed by atoms with Gasteiger partial charge in [-0.3, -0.25) is 4.79 Å². The zero-order chi connectivity index (χ0) is 43.0. The Morgan fingerprint density at radius 2 is 1.46 bits per heavy atom. The van der Waals surface area contributed by atoms with Crippen LogP contribution >= 0.6 is 28.3 Å². The topological polar surface area (TPSA) is 141 Å². The first-order chi connectivity index (χ1) is 30.3. The van der Waals surface area contributed by atoms with Crippen LogP contribution in [0.15, 0.2) is 49.1 Å². The summed E-state index contributed by atoms with van der Waals surface area (Å²) in [5.41, 5.74) is 3.12. The molecule has 7 fully saturated rings. The first kappa shape index (κ1) is 47.7. The van der Waals surface area contributed by atoms with Gasteiger partial charge in [-0.2, -0.15) is 9.97 Å². The lowest BCUT2D eigenvalue weighted by Crippen LogP contribution is -2.49. The van der Waals surface area contributed by atoms with Crippen LogP contribution in [0.1, 0.15) is 49.8 Å². The molecule has 346 valence electrons. The van der Waals surface area contributed by atoms with E-state index in [0.717, 1.165) is 120 Å². The van der Waals surface area contributed by atoms with E-state index in [4.69, 9.17) is 24.9 Å². The summed E-state index contributed by atoms with van der Waals surface area (Å²) >= 11 is 3.15. The smallest absolute Gasteiger partial charge is 0.318 e. The molecular formula is C48H70BrClN8O5. The molecule has 13 nitrogen and oxygen atoms in total. The lowest BCUT2D eigenvalue weighted by molar-refractivity contribution is -0.126. The van der Waals surface area contributed by atoms with Crippen molar-refractivity contribution in [3.63, 3.8) is 0 Å². The average molecular weight is 954 g/mol. The third-order valence-corrected chi connectivity index (χ3v) is 14.6. The van der Waals surface area contributed by atoms with E-state index < -0.39 is 0 Å². The van der Waals surface area contributed by atoms with Crippen LogP contribution in [0.4, 0.5) is 11.5 Å². The Morgan fingerprint density at radius 3 is 2.03 bits per heavy atom.